The highest BCUT2D eigenvalue weighted by Gasteiger charge is 1.99. The molecule has 0 unspecified atom stereocenters. The molecule has 0 spiro atoms. The Labute approximate surface area is 93.3 Å². The lowest BCUT2D eigenvalue weighted by Crippen LogP contribution is -2.24. The van der Waals surface area contributed by atoms with Crippen molar-refractivity contribution in [3.8, 4) is 0 Å². The van der Waals surface area contributed by atoms with Gasteiger partial charge in [0.15, 0.2) is 0 Å². The summed E-state index contributed by atoms with van der Waals surface area (Å²) in [5.41, 5.74) is 2.72. The van der Waals surface area contributed by atoms with Crippen molar-refractivity contribution in [1.82, 2.24) is 20.6 Å². The maximum atomic E-state index is 11.1. The summed E-state index contributed by atoms with van der Waals surface area (Å²) >= 11 is 0. The number of aromatic amines is 2. The van der Waals surface area contributed by atoms with Crippen LogP contribution in [0.5, 0.6) is 0 Å². The van der Waals surface area contributed by atoms with Crippen LogP contribution in [0, 0.1) is 0 Å². The van der Waals surface area contributed by atoms with Crippen LogP contribution >= 0.6 is 0 Å². The van der Waals surface area contributed by atoms with Gasteiger partial charge in [0, 0.05) is 19.6 Å². The molecular formula is C11H16N4O. The number of rotatable bonds is 5. The number of imidazole rings is 1. The van der Waals surface area contributed by atoms with Crippen molar-refractivity contribution in [2.75, 3.05) is 20.1 Å². The molecule has 1 aromatic carbocycles. The first-order valence-electron chi connectivity index (χ1n) is 5.36. The zero-order valence-corrected chi connectivity index (χ0v) is 9.26. The van der Waals surface area contributed by atoms with Crippen LogP contribution in [-0.2, 0) is 6.54 Å². The molecule has 4 N–H and O–H groups in total. The van der Waals surface area contributed by atoms with E-state index in [2.05, 4.69) is 20.6 Å². The van der Waals surface area contributed by atoms with E-state index in [4.69, 9.17) is 0 Å². The number of likely N-dealkylation sites (N-methyl/N-ethyl adjacent to an activating group) is 1. The summed E-state index contributed by atoms with van der Waals surface area (Å²) in [5.74, 6) is 0. The van der Waals surface area contributed by atoms with Gasteiger partial charge in [0.2, 0.25) is 0 Å². The van der Waals surface area contributed by atoms with Gasteiger partial charge in [-0.2, -0.15) is 0 Å². The second-order valence-electron chi connectivity index (χ2n) is 3.74. The Bertz CT molecular complexity index is 514. The molecule has 0 aliphatic rings. The number of fused-ring (bicyclic) bond motifs is 1. The van der Waals surface area contributed by atoms with Gasteiger partial charge >= 0.3 is 5.69 Å². The zero-order chi connectivity index (χ0) is 11.4. The van der Waals surface area contributed by atoms with Crippen molar-refractivity contribution in [3.05, 3.63) is 34.2 Å². The first-order chi connectivity index (χ1) is 7.79. The Morgan fingerprint density at radius 2 is 2.00 bits per heavy atom. The van der Waals surface area contributed by atoms with E-state index >= 15 is 0 Å². The van der Waals surface area contributed by atoms with Gasteiger partial charge in [-0.3, -0.25) is 0 Å². The predicted molar refractivity (Wildman–Crippen MR) is 64.6 cm³/mol. The van der Waals surface area contributed by atoms with E-state index < -0.39 is 0 Å². The SMILES string of the molecule is CNCCNCc1ccc2[nH]c(=O)[nH]c2c1. The van der Waals surface area contributed by atoms with Gasteiger partial charge in [-0.25, -0.2) is 4.79 Å². The van der Waals surface area contributed by atoms with Crippen LogP contribution < -0.4 is 16.3 Å². The average Bonchev–Trinajstić information content (AvgIpc) is 2.64. The molecule has 5 nitrogen and oxygen atoms in total. The third-order valence-corrected chi connectivity index (χ3v) is 2.46. The minimum Gasteiger partial charge on any atom is -0.318 e. The first kappa shape index (κ1) is 10.9. The number of hydrogen-bond donors (Lipinski definition) is 4. The summed E-state index contributed by atoms with van der Waals surface area (Å²) in [6, 6.07) is 5.92. The minimum atomic E-state index is -0.157. The number of benzene rings is 1. The van der Waals surface area contributed by atoms with Gasteiger partial charge < -0.3 is 20.6 Å². The fourth-order valence-electron chi connectivity index (χ4n) is 1.64. The molecule has 0 aliphatic carbocycles. The summed E-state index contributed by atoms with van der Waals surface area (Å²) in [6.45, 7) is 2.69. The topological polar surface area (TPSA) is 72.7 Å². The van der Waals surface area contributed by atoms with E-state index in [0.29, 0.717) is 0 Å². The monoisotopic (exact) mass is 220 g/mol. The summed E-state index contributed by atoms with van der Waals surface area (Å²) < 4.78 is 0. The molecule has 0 bridgehead atoms. The molecular weight excluding hydrogens is 204 g/mol. The van der Waals surface area contributed by atoms with Crippen LogP contribution in [0.4, 0.5) is 0 Å². The second-order valence-corrected chi connectivity index (χ2v) is 3.74. The quantitative estimate of drug-likeness (QED) is 0.543. The summed E-state index contributed by atoms with van der Waals surface area (Å²) in [5, 5.41) is 6.38. The molecule has 16 heavy (non-hydrogen) atoms. The van der Waals surface area contributed by atoms with Gasteiger partial charge in [0.05, 0.1) is 11.0 Å². The third kappa shape index (κ3) is 2.50. The Morgan fingerprint density at radius 3 is 2.81 bits per heavy atom. The van der Waals surface area contributed by atoms with Gasteiger partial charge in [-0.05, 0) is 24.7 Å². The average molecular weight is 220 g/mol. The molecule has 0 saturated carbocycles. The highest BCUT2D eigenvalue weighted by atomic mass is 16.1. The molecule has 1 heterocycles. The standard InChI is InChI=1S/C11H16N4O/c1-12-4-5-13-7-8-2-3-9-10(6-8)15-11(16)14-9/h2-3,6,12-13H,4-5,7H2,1H3,(H2,14,15,16). The lowest BCUT2D eigenvalue weighted by molar-refractivity contribution is 0.651. The summed E-state index contributed by atoms with van der Waals surface area (Å²) in [4.78, 5) is 16.5. The molecule has 0 radical (unpaired) electrons. The van der Waals surface area contributed by atoms with Crippen LogP contribution in [0.25, 0.3) is 11.0 Å². The van der Waals surface area contributed by atoms with Crippen molar-refractivity contribution in [2.24, 2.45) is 0 Å². The molecule has 2 aromatic rings. The van der Waals surface area contributed by atoms with Crippen LogP contribution in [0.1, 0.15) is 5.56 Å². The Kier molecular flexibility index (Phi) is 3.38. The number of nitrogens with one attached hydrogen (secondary N) is 4. The molecule has 0 aliphatic heterocycles. The van der Waals surface area contributed by atoms with E-state index in [1.165, 1.54) is 5.56 Å². The molecule has 1 aromatic heterocycles. The number of aromatic nitrogens is 2. The molecule has 0 saturated heterocycles. The van der Waals surface area contributed by atoms with Gasteiger partial charge in [-0.1, -0.05) is 6.07 Å². The second kappa shape index (κ2) is 4.96. The molecule has 86 valence electrons. The van der Waals surface area contributed by atoms with E-state index in [9.17, 15) is 4.79 Å². The summed E-state index contributed by atoms with van der Waals surface area (Å²) in [7, 11) is 1.93. The third-order valence-electron chi connectivity index (χ3n) is 2.46. The van der Waals surface area contributed by atoms with E-state index in [-0.39, 0.29) is 5.69 Å². The predicted octanol–water partition coefficient (Wildman–Crippen LogP) is 0.165. The highest BCUT2D eigenvalue weighted by Crippen LogP contribution is 2.09. The van der Waals surface area contributed by atoms with Crippen LogP contribution in [0.15, 0.2) is 23.0 Å². The fourth-order valence-corrected chi connectivity index (χ4v) is 1.64. The fraction of sp³-hybridized carbons (Fsp3) is 0.364. The molecule has 0 atom stereocenters. The maximum Gasteiger partial charge on any atom is 0.323 e. The summed E-state index contributed by atoms with van der Waals surface area (Å²) in [6.07, 6.45) is 0. The molecule has 5 heteroatoms. The van der Waals surface area contributed by atoms with Crippen molar-refractivity contribution in [1.29, 1.82) is 0 Å². The highest BCUT2D eigenvalue weighted by molar-refractivity contribution is 5.74. The van der Waals surface area contributed by atoms with E-state index in [1.807, 2.05) is 25.2 Å². The van der Waals surface area contributed by atoms with Gasteiger partial charge in [0.1, 0.15) is 0 Å². The Hall–Kier alpha value is -1.59. The first-order valence-corrected chi connectivity index (χ1v) is 5.36. The minimum absolute atomic E-state index is 0.157. The zero-order valence-electron chi connectivity index (χ0n) is 9.26. The molecule has 2 rings (SSSR count). The lowest BCUT2D eigenvalue weighted by atomic mass is 10.2. The van der Waals surface area contributed by atoms with Crippen molar-refractivity contribution < 1.29 is 0 Å². The van der Waals surface area contributed by atoms with Crippen molar-refractivity contribution >= 4 is 11.0 Å². The smallest absolute Gasteiger partial charge is 0.318 e. The normalized spacial score (nSPS) is 11.1. The number of hydrogen-bond acceptors (Lipinski definition) is 3. The number of H-pyrrole nitrogens is 2. The van der Waals surface area contributed by atoms with Crippen LogP contribution in [-0.4, -0.2) is 30.1 Å². The van der Waals surface area contributed by atoms with Crippen LogP contribution in [0.3, 0.4) is 0 Å². The van der Waals surface area contributed by atoms with Crippen LogP contribution in [0.2, 0.25) is 0 Å². The lowest BCUT2D eigenvalue weighted by Gasteiger charge is -2.04. The van der Waals surface area contributed by atoms with E-state index in [1.54, 1.807) is 0 Å². The largest absolute Gasteiger partial charge is 0.323 e. The van der Waals surface area contributed by atoms with Gasteiger partial charge in [-0.15, -0.1) is 0 Å². The molecule has 0 amide bonds. The Balaban J connectivity index is 2.04. The van der Waals surface area contributed by atoms with Crippen molar-refractivity contribution in [2.45, 2.75) is 6.54 Å². The van der Waals surface area contributed by atoms with Crippen molar-refractivity contribution in [3.63, 3.8) is 0 Å². The molecule has 0 fully saturated rings. The maximum absolute atomic E-state index is 11.1. The van der Waals surface area contributed by atoms with E-state index in [0.717, 1.165) is 30.7 Å². The Morgan fingerprint density at radius 1 is 1.19 bits per heavy atom. The van der Waals surface area contributed by atoms with Gasteiger partial charge in [0.25, 0.3) is 0 Å².